The van der Waals surface area contributed by atoms with Crippen LogP contribution in [0.2, 0.25) is 0 Å². The van der Waals surface area contributed by atoms with Crippen LogP contribution in [0.25, 0.3) is 0 Å². The maximum absolute atomic E-state index is 12.6. The lowest BCUT2D eigenvalue weighted by Crippen LogP contribution is -2.39. The van der Waals surface area contributed by atoms with Gasteiger partial charge in [0.2, 0.25) is 5.91 Å². The summed E-state index contributed by atoms with van der Waals surface area (Å²) in [4.78, 5) is 23.3. The quantitative estimate of drug-likeness (QED) is 0.789. The van der Waals surface area contributed by atoms with Crippen molar-refractivity contribution in [2.45, 2.75) is 38.1 Å². The summed E-state index contributed by atoms with van der Waals surface area (Å²) < 4.78 is 1.04. The highest BCUT2D eigenvalue weighted by atomic mass is 79.9. The summed E-state index contributed by atoms with van der Waals surface area (Å²) in [6.45, 7) is 4.00. The van der Waals surface area contributed by atoms with Gasteiger partial charge in [0.15, 0.2) is 0 Å². The van der Waals surface area contributed by atoms with Crippen molar-refractivity contribution >= 4 is 34.4 Å². The van der Waals surface area contributed by atoms with Gasteiger partial charge in [-0.05, 0) is 42.9 Å². The highest BCUT2D eigenvalue weighted by molar-refractivity contribution is 9.10. The van der Waals surface area contributed by atoms with Gasteiger partial charge >= 0.3 is 0 Å². The molecule has 4 nitrogen and oxygen atoms in total. The lowest BCUT2D eigenvalue weighted by atomic mass is 9.87. The molecule has 0 saturated carbocycles. The Morgan fingerprint density at radius 3 is 2.83 bits per heavy atom. The van der Waals surface area contributed by atoms with Gasteiger partial charge in [0.1, 0.15) is 11.9 Å². The predicted octanol–water partition coefficient (Wildman–Crippen LogP) is 3.80. The molecular weight excluding hydrogens is 354 g/mol. The Labute approximate surface area is 145 Å². The van der Waals surface area contributed by atoms with Crippen LogP contribution < -0.4 is 0 Å². The number of hydrogen-bond donors (Lipinski definition) is 0. The molecule has 23 heavy (non-hydrogen) atoms. The number of nitrogens with zero attached hydrogens (tertiary/aromatic N) is 3. The SMILES string of the molecule is CC1CCCN(C(=O)CCC2(c3ccc(Br)cc3)C=NC=N2)C1. The number of amides is 1. The van der Waals surface area contributed by atoms with Crippen molar-refractivity contribution in [1.82, 2.24) is 4.90 Å². The summed E-state index contributed by atoms with van der Waals surface area (Å²) in [5.41, 5.74) is 0.593. The van der Waals surface area contributed by atoms with E-state index in [0.717, 1.165) is 29.5 Å². The standard InChI is InChI=1S/C18H22BrN3O/c1-14-3-2-10-22(11-14)17(23)8-9-18(12-20-13-21-18)15-4-6-16(19)7-5-15/h4-7,12-14H,2-3,8-11H2,1H3. The number of benzene rings is 1. The van der Waals surface area contributed by atoms with Gasteiger partial charge in [0.25, 0.3) is 0 Å². The summed E-state index contributed by atoms with van der Waals surface area (Å²) in [6.07, 6.45) is 6.97. The number of likely N-dealkylation sites (tertiary alicyclic amines) is 1. The van der Waals surface area contributed by atoms with E-state index in [0.29, 0.717) is 18.8 Å². The van der Waals surface area contributed by atoms with E-state index in [9.17, 15) is 4.79 Å². The average molecular weight is 376 g/mol. The lowest BCUT2D eigenvalue weighted by Gasteiger charge is -2.32. The molecule has 3 rings (SSSR count). The Bertz CT molecular complexity index is 612. The number of rotatable bonds is 4. The molecule has 2 aliphatic rings. The van der Waals surface area contributed by atoms with Gasteiger partial charge in [-0.3, -0.25) is 9.79 Å². The summed E-state index contributed by atoms with van der Waals surface area (Å²) in [5.74, 6) is 0.850. The largest absolute Gasteiger partial charge is 0.342 e. The molecule has 0 radical (unpaired) electrons. The van der Waals surface area contributed by atoms with Crippen LogP contribution in [0, 0.1) is 5.92 Å². The summed E-state index contributed by atoms with van der Waals surface area (Å²) in [5, 5.41) is 0. The summed E-state index contributed by atoms with van der Waals surface area (Å²) >= 11 is 3.46. The number of halogens is 1. The smallest absolute Gasteiger partial charge is 0.222 e. The van der Waals surface area contributed by atoms with E-state index in [-0.39, 0.29) is 5.91 Å². The van der Waals surface area contributed by atoms with E-state index in [1.54, 1.807) is 6.34 Å². The first-order valence-corrected chi connectivity index (χ1v) is 9.00. The Kier molecular flexibility index (Phi) is 4.95. The molecular formula is C18H22BrN3O. The number of piperidine rings is 1. The lowest BCUT2D eigenvalue weighted by molar-refractivity contribution is -0.133. The molecule has 5 heteroatoms. The van der Waals surface area contributed by atoms with E-state index in [1.807, 2.05) is 35.4 Å². The first-order valence-electron chi connectivity index (χ1n) is 8.21. The molecule has 1 aromatic rings. The maximum Gasteiger partial charge on any atom is 0.222 e. The highest BCUT2D eigenvalue weighted by Crippen LogP contribution is 2.32. The van der Waals surface area contributed by atoms with Crippen LogP contribution in [0.4, 0.5) is 0 Å². The second-order valence-electron chi connectivity index (χ2n) is 6.54. The van der Waals surface area contributed by atoms with E-state index < -0.39 is 5.54 Å². The number of carbonyl (C=O) groups excluding carboxylic acids is 1. The fraction of sp³-hybridized carbons (Fsp3) is 0.500. The molecule has 2 aliphatic heterocycles. The minimum atomic E-state index is -0.488. The molecule has 2 heterocycles. The molecule has 2 atom stereocenters. The predicted molar refractivity (Wildman–Crippen MR) is 97.0 cm³/mol. The van der Waals surface area contributed by atoms with Gasteiger partial charge in [-0.1, -0.05) is 35.0 Å². The summed E-state index contributed by atoms with van der Waals surface area (Å²) in [7, 11) is 0. The topological polar surface area (TPSA) is 45.0 Å². The Morgan fingerprint density at radius 1 is 1.39 bits per heavy atom. The Hall–Kier alpha value is -1.49. The molecule has 1 fully saturated rings. The van der Waals surface area contributed by atoms with E-state index in [1.165, 1.54) is 6.42 Å². The molecule has 0 aromatic heterocycles. The van der Waals surface area contributed by atoms with Gasteiger partial charge in [-0.15, -0.1) is 0 Å². The molecule has 1 aromatic carbocycles. The van der Waals surface area contributed by atoms with E-state index in [2.05, 4.69) is 32.8 Å². The number of hydrogen-bond acceptors (Lipinski definition) is 3. The van der Waals surface area contributed by atoms with Crippen LogP contribution >= 0.6 is 15.9 Å². The Morgan fingerprint density at radius 2 is 2.17 bits per heavy atom. The van der Waals surface area contributed by atoms with Crippen LogP contribution in [0.3, 0.4) is 0 Å². The molecule has 1 saturated heterocycles. The molecule has 0 N–H and O–H groups in total. The van der Waals surface area contributed by atoms with Gasteiger partial charge in [-0.2, -0.15) is 0 Å². The van der Waals surface area contributed by atoms with Crippen molar-refractivity contribution in [2.24, 2.45) is 15.9 Å². The molecule has 0 aliphatic carbocycles. The average Bonchev–Trinajstić information content (AvgIpc) is 3.03. The molecule has 1 amide bonds. The zero-order chi connectivity index (χ0) is 16.3. The third-order valence-corrected chi connectivity index (χ3v) is 5.25. The van der Waals surface area contributed by atoms with Crippen molar-refractivity contribution in [2.75, 3.05) is 13.1 Å². The monoisotopic (exact) mass is 375 g/mol. The van der Waals surface area contributed by atoms with Crippen LogP contribution in [-0.4, -0.2) is 36.4 Å². The highest BCUT2D eigenvalue weighted by Gasteiger charge is 2.33. The molecule has 0 bridgehead atoms. The Balaban J connectivity index is 1.69. The van der Waals surface area contributed by atoms with Crippen LogP contribution in [0.15, 0.2) is 38.7 Å². The van der Waals surface area contributed by atoms with Crippen molar-refractivity contribution < 1.29 is 4.79 Å². The third-order valence-electron chi connectivity index (χ3n) is 4.72. The van der Waals surface area contributed by atoms with Gasteiger partial charge in [-0.25, -0.2) is 4.99 Å². The van der Waals surface area contributed by atoms with Gasteiger partial charge in [0, 0.05) is 30.2 Å². The van der Waals surface area contributed by atoms with Crippen molar-refractivity contribution in [3.8, 4) is 0 Å². The fourth-order valence-electron chi connectivity index (χ4n) is 3.36. The van der Waals surface area contributed by atoms with Crippen molar-refractivity contribution in [3.63, 3.8) is 0 Å². The van der Waals surface area contributed by atoms with Crippen molar-refractivity contribution in [1.29, 1.82) is 0 Å². The molecule has 2 unspecified atom stereocenters. The van der Waals surface area contributed by atoms with Gasteiger partial charge < -0.3 is 4.90 Å². The second-order valence-corrected chi connectivity index (χ2v) is 7.46. The van der Waals surface area contributed by atoms with Crippen LogP contribution in [0.5, 0.6) is 0 Å². The third kappa shape index (κ3) is 3.71. The zero-order valence-corrected chi connectivity index (χ0v) is 15.0. The van der Waals surface area contributed by atoms with E-state index >= 15 is 0 Å². The molecule has 122 valence electrons. The van der Waals surface area contributed by atoms with Crippen LogP contribution in [-0.2, 0) is 10.3 Å². The van der Waals surface area contributed by atoms with Gasteiger partial charge in [0.05, 0.1) is 0 Å². The minimum Gasteiger partial charge on any atom is -0.342 e. The number of carbonyl (C=O) groups is 1. The first kappa shape index (κ1) is 16.4. The summed E-state index contributed by atoms with van der Waals surface area (Å²) in [6, 6.07) is 8.11. The maximum atomic E-state index is 12.6. The first-order chi connectivity index (χ1) is 11.1. The van der Waals surface area contributed by atoms with E-state index in [4.69, 9.17) is 0 Å². The van der Waals surface area contributed by atoms with Crippen LogP contribution in [0.1, 0.15) is 38.2 Å². The minimum absolute atomic E-state index is 0.239. The second kappa shape index (κ2) is 6.95. The number of aliphatic imine (C=N–C) groups is 2. The normalized spacial score (nSPS) is 26.7. The zero-order valence-electron chi connectivity index (χ0n) is 13.4. The molecule has 0 spiro atoms. The fourth-order valence-corrected chi connectivity index (χ4v) is 3.62. The van der Waals surface area contributed by atoms with Crippen molar-refractivity contribution in [3.05, 3.63) is 34.3 Å².